The Kier molecular flexibility index (Phi) is 7.66. The molecule has 3 fully saturated rings. The Morgan fingerprint density at radius 3 is 2.35 bits per heavy atom. The molecule has 12 heteroatoms. The average Bonchev–Trinajstić information content (AvgIpc) is 3.75. The Bertz CT molecular complexity index is 2050. The van der Waals surface area contributed by atoms with E-state index in [1.54, 1.807) is 30.3 Å². The van der Waals surface area contributed by atoms with Gasteiger partial charge in [-0.2, -0.15) is 5.01 Å². The highest BCUT2D eigenvalue weighted by Crippen LogP contribution is 2.65. The van der Waals surface area contributed by atoms with Crippen LogP contribution in [0.3, 0.4) is 0 Å². The van der Waals surface area contributed by atoms with Gasteiger partial charge < -0.3 is 5.11 Å². The minimum Gasteiger partial charge on any atom is -0.508 e. The van der Waals surface area contributed by atoms with Crippen molar-refractivity contribution in [1.82, 2.24) is 9.91 Å². The summed E-state index contributed by atoms with van der Waals surface area (Å²) in [6, 6.07) is 20.3. The third-order valence-corrected chi connectivity index (χ3v) is 11.9. The van der Waals surface area contributed by atoms with Gasteiger partial charge in [0.15, 0.2) is 0 Å². The molecule has 4 aliphatic rings. The predicted molar refractivity (Wildman–Crippen MR) is 182 cm³/mol. The largest absolute Gasteiger partial charge is 0.508 e. The van der Waals surface area contributed by atoms with Crippen molar-refractivity contribution in [3.05, 3.63) is 128 Å². The molecule has 1 aromatic heterocycles. The van der Waals surface area contributed by atoms with Crippen molar-refractivity contribution in [3.8, 4) is 5.75 Å². The lowest BCUT2D eigenvalue weighted by Gasteiger charge is -2.50. The molecule has 6 atom stereocenters. The van der Waals surface area contributed by atoms with E-state index in [4.69, 9.17) is 23.2 Å². The van der Waals surface area contributed by atoms with Gasteiger partial charge in [0, 0.05) is 26.4 Å². The van der Waals surface area contributed by atoms with Crippen LogP contribution in [0.2, 0.25) is 10.0 Å². The van der Waals surface area contributed by atoms with Crippen molar-refractivity contribution in [2.45, 2.75) is 30.7 Å². The zero-order chi connectivity index (χ0) is 34.2. The molecule has 8 rings (SSSR count). The highest BCUT2D eigenvalue weighted by Gasteiger charge is 2.70. The second-order valence-corrected chi connectivity index (χ2v) is 14.8. The number of likely N-dealkylation sites (tertiary alicyclic amines) is 1. The second kappa shape index (κ2) is 11.8. The summed E-state index contributed by atoms with van der Waals surface area (Å²) in [6.45, 7) is 0.161. The van der Waals surface area contributed by atoms with E-state index in [0.29, 0.717) is 32.4 Å². The first kappa shape index (κ1) is 31.7. The quantitative estimate of drug-likeness (QED) is 0.163. The molecular weight excluding hydrogens is 688 g/mol. The molecule has 1 saturated carbocycles. The summed E-state index contributed by atoms with van der Waals surface area (Å²) in [5, 5.41) is 15.0. The maximum absolute atomic E-state index is 15.1. The van der Waals surface area contributed by atoms with E-state index in [9.17, 15) is 23.9 Å². The smallest absolute Gasteiger partial charge is 0.260 e. The number of phenols is 1. The van der Waals surface area contributed by atoms with Gasteiger partial charge in [-0.25, -0.2) is 4.39 Å². The number of benzene rings is 3. The molecule has 2 aliphatic carbocycles. The number of hydrogen-bond acceptors (Lipinski definition) is 7. The number of imide groups is 2. The van der Waals surface area contributed by atoms with Crippen LogP contribution in [-0.2, 0) is 31.1 Å². The van der Waals surface area contributed by atoms with Crippen LogP contribution in [0.25, 0.3) is 0 Å². The number of rotatable bonds is 6. The first-order valence-electron chi connectivity index (χ1n) is 15.8. The van der Waals surface area contributed by atoms with Gasteiger partial charge in [-0.15, -0.1) is 11.3 Å². The molecule has 0 spiro atoms. The predicted octanol–water partition coefficient (Wildman–Crippen LogP) is 7.08. The van der Waals surface area contributed by atoms with Gasteiger partial charge in [0.2, 0.25) is 11.8 Å². The molecule has 4 amide bonds. The molecule has 2 N–H and O–H groups in total. The third kappa shape index (κ3) is 4.83. The van der Waals surface area contributed by atoms with E-state index in [2.05, 4.69) is 5.43 Å². The van der Waals surface area contributed by atoms with Crippen molar-refractivity contribution in [3.63, 3.8) is 0 Å². The number of aromatic hydroxyl groups is 1. The summed E-state index contributed by atoms with van der Waals surface area (Å²) in [6.07, 6.45) is 2.25. The summed E-state index contributed by atoms with van der Waals surface area (Å²) in [7, 11) is 0. The van der Waals surface area contributed by atoms with Gasteiger partial charge in [0.05, 0.1) is 35.4 Å². The lowest BCUT2D eigenvalue weighted by Crippen LogP contribution is -2.53. The summed E-state index contributed by atoms with van der Waals surface area (Å²) < 4.78 is 13.8. The van der Waals surface area contributed by atoms with Crippen LogP contribution in [0.15, 0.2) is 95.9 Å². The molecule has 0 bridgehead atoms. The molecule has 49 heavy (non-hydrogen) atoms. The number of fused-ring (bicyclic) bond motifs is 4. The first-order valence-corrected chi connectivity index (χ1v) is 17.5. The number of amides is 4. The van der Waals surface area contributed by atoms with Crippen LogP contribution in [0.5, 0.6) is 5.75 Å². The second-order valence-electron chi connectivity index (χ2n) is 12.9. The third-order valence-electron chi connectivity index (χ3n) is 10.5. The SMILES string of the molecule is O=C1C2CC=C3C(CC4C(=O)N(Nc5ccc(F)cc5)C(=O)C4(c4ccc(Cl)cc4)C3c3cc(Cl)ccc3O)C2C(=O)N1Cc1cccs1. The number of halogens is 3. The fraction of sp³-hybridized carbons (Fsp3) is 0.243. The van der Waals surface area contributed by atoms with Gasteiger partial charge in [-0.05, 0) is 90.4 Å². The molecule has 3 aromatic carbocycles. The van der Waals surface area contributed by atoms with Crippen LogP contribution in [0.1, 0.15) is 34.8 Å². The number of nitrogens with one attached hydrogen (secondary N) is 1. The number of hydrogen-bond donors (Lipinski definition) is 2. The molecule has 2 aliphatic heterocycles. The number of carbonyl (C=O) groups excluding carboxylic acids is 4. The van der Waals surface area contributed by atoms with Crippen molar-refractivity contribution < 1.29 is 28.7 Å². The maximum Gasteiger partial charge on any atom is 0.260 e. The van der Waals surface area contributed by atoms with Crippen molar-refractivity contribution in [2.75, 3.05) is 5.43 Å². The fourth-order valence-corrected chi connectivity index (χ4v) is 9.53. The number of carbonyl (C=O) groups is 4. The van der Waals surface area contributed by atoms with Crippen molar-refractivity contribution in [2.24, 2.45) is 23.7 Å². The summed E-state index contributed by atoms with van der Waals surface area (Å²) in [4.78, 5) is 60.0. The highest BCUT2D eigenvalue weighted by molar-refractivity contribution is 7.09. The molecule has 4 aromatic rings. The summed E-state index contributed by atoms with van der Waals surface area (Å²) in [5.41, 5.74) is 3.10. The van der Waals surface area contributed by atoms with Gasteiger partial charge in [0.25, 0.3) is 11.8 Å². The molecular formula is C37H28Cl2FN3O5S. The average molecular weight is 717 g/mol. The van der Waals surface area contributed by atoms with Crippen LogP contribution in [0, 0.1) is 29.5 Å². The summed E-state index contributed by atoms with van der Waals surface area (Å²) in [5.74, 6) is -6.31. The van der Waals surface area contributed by atoms with Crippen LogP contribution >= 0.6 is 34.5 Å². The van der Waals surface area contributed by atoms with E-state index >= 15 is 4.79 Å². The maximum atomic E-state index is 15.1. The van der Waals surface area contributed by atoms with Gasteiger partial charge in [-0.1, -0.05) is 53.1 Å². The van der Waals surface area contributed by atoms with E-state index < -0.39 is 52.6 Å². The Morgan fingerprint density at radius 1 is 0.898 bits per heavy atom. The lowest BCUT2D eigenvalue weighted by atomic mass is 9.49. The minimum atomic E-state index is -1.62. The molecule has 0 radical (unpaired) electrons. The number of thiophene rings is 1. The monoisotopic (exact) mass is 715 g/mol. The normalized spacial score (nSPS) is 27.6. The first-order chi connectivity index (χ1) is 23.6. The Labute approximate surface area is 294 Å². The molecule has 2 saturated heterocycles. The van der Waals surface area contributed by atoms with Gasteiger partial charge in [0.1, 0.15) is 11.6 Å². The standard InChI is InChI=1S/C37H28Cl2FN3O5S/c38-20-5-3-19(4-6-20)37-29(34(46)43(36(37)48)41-23-10-8-22(40)9-11-23)17-27-25(32(37)28-16-21(39)7-14-30(28)44)12-13-26-31(27)35(47)42(33(26)45)18-24-2-1-15-49-24/h1-12,14-16,26-27,29,31-32,41,44H,13,17-18H2. The van der Waals surface area contributed by atoms with Gasteiger partial charge >= 0.3 is 0 Å². The highest BCUT2D eigenvalue weighted by atomic mass is 35.5. The van der Waals surface area contributed by atoms with E-state index in [1.807, 2.05) is 23.6 Å². The summed E-state index contributed by atoms with van der Waals surface area (Å²) >= 11 is 14.3. The molecule has 8 nitrogen and oxygen atoms in total. The molecule has 6 unspecified atom stereocenters. The Morgan fingerprint density at radius 2 is 1.63 bits per heavy atom. The van der Waals surface area contributed by atoms with Crippen LogP contribution < -0.4 is 5.43 Å². The Balaban J connectivity index is 1.32. The number of anilines is 1. The topological polar surface area (TPSA) is 107 Å². The van der Waals surface area contributed by atoms with Gasteiger partial charge in [-0.3, -0.25) is 29.5 Å². The number of hydrazine groups is 1. The number of allylic oxidation sites excluding steroid dienone is 2. The molecule has 3 heterocycles. The number of nitrogens with zero attached hydrogens (tertiary/aromatic N) is 2. The van der Waals surface area contributed by atoms with Crippen LogP contribution in [-0.4, -0.2) is 38.6 Å². The lowest BCUT2D eigenvalue weighted by molar-refractivity contribution is -0.141. The zero-order valence-corrected chi connectivity index (χ0v) is 28.0. The zero-order valence-electron chi connectivity index (χ0n) is 25.7. The van der Waals surface area contributed by atoms with E-state index in [0.717, 1.165) is 9.89 Å². The van der Waals surface area contributed by atoms with Crippen molar-refractivity contribution in [1.29, 1.82) is 0 Å². The fourth-order valence-electron chi connectivity index (χ4n) is 8.54. The van der Waals surface area contributed by atoms with E-state index in [-0.39, 0.29) is 37.0 Å². The van der Waals surface area contributed by atoms with Crippen LogP contribution in [0.4, 0.5) is 10.1 Å². The molecule has 248 valence electrons. The minimum absolute atomic E-state index is 0.0888. The van der Waals surface area contributed by atoms with Crippen molar-refractivity contribution >= 4 is 63.9 Å². The van der Waals surface area contributed by atoms with E-state index in [1.165, 1.54) is 52.6 Å². The Hall–Kier alpha value is -4.51. The number of phenolic OH excluding ortho intramolecular Hbond substituents is 1.